The van der Waals surface area contributed by atoms with Crippen LogP contribution in [0, 0.1) is 0 Å². The first kappa shape index (κ1) is 10.8. The van der Waals surface area contributed by atoms with Crippen LogP contribution >= 0.6 is 15.9 Å². The first-order valence-corrected chi connectivity index (χ1v) is 6.24. The van der Waals surface area contributed by atoms with Crippen molar-refractivity contribution in [1.82, 2.24) is 10.2 Å². The molecular weight excluding hydrogens is 284 g/mol. The van der Waals surface area contributed by atoms with Gasteiger partial charge in [-0.3, -0.25) is 0 Å². The monoisotopic (exact) mass is 294 g/mol. The van der Waals surface area contributed by atoms with Crippen molar-refractivity contribution in [2.75, 3.05) is 7.11 Å². The zero-order chi connectivity index (χ0) is 11.8. The van der Waals surface area contributed by atoms with Gasteiger partial charge in [-0.2, -0.15) is 0 Å². The fourth-order valence-corrected chi connectivity index (χ4v) is 2.05. The van der Waals surface area contributed by atoms with Crippen LogP contribution in [-0.4, -0.2) is 17.3 Å². The Morgan fingerprint density at radius 3 is 2.88 bits per heavy atom. The summed E-state index contributed by atoms with van der Waals surface area (Å²) >= 11 is 3.41. The molecule has 0 saturated heterocycles. The molecule has 0 unspecified atom stereocenters. The summed E-state index contributed by atoms with van der Waals surface area (Å²) < 4.78 is 11.8. The second-order valence-corrected chi connectivity index (χ2v) is 4.92. The molecule has 0 radical (unpaired) electrons. The molecule has 1 aliphatic carbocycles. The fourth-order valence-electron chi connectivity index (χ4n) is 1.64. The van der Waals surface area contributed by atoms with Crippen LogP contribution in [0.5, 0.6) is 5.75 Å². The predicted octanol–water partition coefficient (Wildman–Crippen LogP) is 3.39. The highest BCUT2D eigenvalue weighted by molar-refractivity contribution is 9.10. The van der Waals surface area contributed by atoms with Crippen molar-refractivity contribution in [3.63, 3.8) is 0 Å². The Morgan fingerprint density at radius 1 is 1.35 bits per heavy atom. The Bertz CT molecular complexity index is 549. The van der Waals surface area contributed by atoms with Crippen LogP contribution in [0.3, 0.4) is 0 Å². The Labute approximate surface area is 107 Å². The van der Waals surface area contributed by atoms with Gasteiger partial charge < -0.3 is 9.15 Å². The first-order valence-electron chi connectivity index (χ1n) is 5.45. The summed E-state index contributed by atoms with van der Waals surface area (Å²) in [4.78, 5) is 0. The van der Waals surface area contributed by atoms with E-state index in [1.54, 1.807) is 7.11 Å². The molecule has 1 aliphatic rings. The van der Waals surface area contributed by atoms with Crippen molar-refractivity contribution in [2.45, 2.75) is 18.8 Å². The minimum absolute atomic E-state index is 0.480. The van der Waals surface area contributed by atoms with E-state index in [1.807, 2.05) is 18.2 Å². The van der Waals surface area contributed by atoms with E-state index in [0.717, 1.165) is 34.5 Å². The van der Waals surface area contributed by atoms with Gasteiger partial charge in [0.1, 0.15) is 5.75 Å². The fraction of sp³-hybridized carbons (Fsp3) is 0.333. The van der Waals surface area contributed by atoms with E-state index in [1.165, 1.54) is 0 Å². The average molecular weight is 295 g/mol. The maximum atomic E-state index is 5.64. The largest absolute Gasteiger partial charge is 0.496 e. The van der Waals surface area contributed by atoms with Crippen molar-refractivity contribution in [1.29, 1.82) is 0 Å². The lowest BCUT2D eigenvalue weighted by Crippen LogP contribution is -1.85. The molecule has 0 spiro atoms. The number of halogens is 1. The Balaban J connectivity index is 1.96. The standard InChI is InChI=1S/C12H11BrN2O2/c1-16-10-6-8(4-5-9(10)13)12-15-14-11(17-12)7-2-3-7/h4-7H,2-3H2,1H3. The smallest absolute Gasteiger partial charge is 0.247 e. The third kappa shape index (κ3) is 2.07. The summed E-state index contributed by atoms with van der Waals surface area (Å²) in [5.74, 6) is 2.54. The number of hydrogen-bond donors (Lipinski definition) is 0. The summed E-state index contributed by atoms with van der Waals surface area (Å²) in [5, 5.41) is 8.13. The van der Waals surface area contributed by atoms with Gasteiger partial charge >= 0.3 is 0 Å². The molecule has 0 amide bonds. The summed E-state index contributed by atoms with van der Waals surface area (Å²) in [5.41, 5.74) is 0.879. The molecule has 1 aromatic heterocycles. The molecule has 0 N–H and O–H groups in total. The van der Waals surface area contributed by atoms with Crippen LogP contribution in [0.2, 0.25) is 0 Å². The second kappa shape index (κ2) is 4.14. The minimum atomic E-state index is 0.480. The van der Waals surface area contributed by atoms with Crippen molar-refractivity contribution in [3.8, 4) is 17.2 Å². The summed E-state index contributed by atoms with van der Waals surface area (Å²) in [6, 6.07) is 5.72. The molecule has 5 heteroatoms. The number of aromatic nitrogens is 2. The lowest BCUT2D eigenvalue weighted by atomic mass is 10.2. The number of ether oxygens (including phenoxy) is 1. The van der Waals surface area contributed by atoms with Crippen LogP contribution in [0.1, 0.15) is 24.7 Å². The highest BCUT2D eigenvalue weighted by atomic mass is 79.9. The van der Waals surface area contributed by atoms with Crippen molar-refractivity contribution in [2.24, 2.45) is 0 Å². The number of rotatable bonds is 3. The number of methoxy groups -OCH3 is 1. The minimum Gasteiger partial charge on any atom is -0.496 e. The molecule has 0 aliphatic heterocycles. The summed E-state index contributed by atoms with van der Waals surface area (Å²) in [6.07, 6.45) is 2.32. The van der Waals surface area contributed by atoms with Crippen LogP contribution in [0.15, 0.2) is 27.1 Å². The normalized spacial score (nSPS) is 14.9. The lowest BCUT2D eigenvalue weighted by Gasteiger charge is -2.03. The first-order chi connectivity index (χ1) is 8.28. The van der Waals surface area contributed by atoms with Gasteiger partial charge in [0.2, 0.25) is 11.8 Å². The molecular formula is C12H11BrN2O2. The van der Waals surface area contributed by atoms with Gasteiger partial charge in [-0.25, -0.2) is 0 Å². The highest BCUT2D eigenvalue weighted by Crippen LogP contribution is 2.40. The molecule has 0 bridgehead atoms. The van der Waals surface area contributed by atoms with E-state index in [0.29, 0.717) is 11.8 Å². The molecule has 1 saturated carbocycles. The molecule has 1 heterocycles. The maximum absolute atomic E-state index is 5.64. The van der Waals surface area contributed by atoms with Gasteiger partial charge in [0.05, 0.1) is 11.6 Å². The Morgan fingerprint density at radius 2 is 2.18 bits per heavy atom. The number of hydrogen-bond acceptors (Lipinski definition) is 4. The van der Waals surface area contributed by atoms with E-state index in [-0.39, 0.29) is 0 Å². The van der Waals surface area contributed by atoms with Gasteiger partial charge in [-0.1, -0.05) is 0 Å². The van der Waals surface area contributed by atoms with Gasteiger partial charge in [-0.15, -0.1) is 10.2 Å². The zero-order valence-corrected chi connectivity index (χ0v) is 10.9. The highest BCUT2D eigenvalue weighted by Gasteiger charge is 2.29. The second-order valence-electron chi connectivity index (χ2n) is 4.07. The third-order valence-corrected chi connectivity index (χ3v) is 3.42. The van der Waals surface area contributed by atoms with E-state index in [9.17, 15) is 0 Å². The quantitative estimate of drug-likeness (QED) is 0.871. The van der Waals surface area contributed by atoms with Crippen molar-refractivity contribution in [3.05, 3.63) is 28.6 Å². The van der Waals surface area contributed by atoms with E-state index < -0.39 is 0 Å². The number of nitrogens with zero attached hydrogens (tertiary/aromatic N) is 2. The van der Waals surface area contributed by atoms with Gasteiger partial charge in [0.25, 0.3) is 0 Å². The zero-order valence-electron chi connectivity index (χ0n) is 9.31. The van der Waals surface area contributed by atoms with Crippen molar-refractivity contribution >= 4 is 15.9 Å². The summed E-state index contributed by atoms with van der Waals surface area (Å²) in [6.45, 7) is 0. The van der Waals surface area contributed by atoms with E-state index >= 15 is 0 Å². The Hall–Kier alpha value is -1.36. The maximum Gasteiger partial charge on any atom is 0.247 e. The summed E-state index contributed by atoms with van der Waals surface area (Å²) in [7, 11) is 1.63. The van der Waals surface area contributed by atoms with Crippen LogP contribution in [0.25, 0.3) is 11.5 Å². The molecule has 17 heavy (non-hydrogen) atoms. The Kier molecular flexibility index (Phi) is 2.63. The third-order valence-electron chi connectivity index (χ3n) is 2.77. The van der Waals surface area contributed by atoms with E-state index in [2.05, 4.69) is 26.1 Å². The molecule has 2 aromatic rings. The molecule has 3 rings (SSSR count). The molecule has 4 nitrogen and oxygen atoms in total. The van der Waals surface area contributed by atoms with E-state index in [4.69, 9.17) is 9.15 Å². The average Bonchev–Trinajstić information content (AvgIpc) is 3.08. The lowest BCUT2D eigenvalue weighted by molar-refractivity contribution is 0.412. The number of benzene rings is 1. The van der Waals surface area contributed by atoms with Gasteiger partial charge in [-0.05, 0) is 47.0 Å². The van der Waals surface area contributed by atoms with Crippen LogP contribution in [0.4, 0.5) is 0 Å². The molecule has 88 valence electrons. The van der Waals surface area contributed by atoms with Crippen LogP contribution < -0.4 is 4.74 Å². The molecule has 1 fully saturated rings. The van der Waals surface area contributed by atoms with Gasteiger partial charge in [0.15, 0.2) is 0 Å². The predicted molar refractivity (Wildman–Crippen MR) is 66.0 cm³/mol. The topological polar surface area (TPSA) is 48.2 Å². The van der Waals surface area contributed by atoms with Gasteiger partial charge in [0, 0.05) is 11.5 Å². The van der Waals surface area contributed by atoms with Crippen molar-refractivity contribution < 1.29 is 9.15 Å². The molecule has 0 atom stereocenters. The van der Waals surface area contributed by atoms with Crippen LogP contribution in [-0.2, 0) is 0 Å². The molecule has 1 aromatic carbocycles. The SMILES string of the molecule is COc1cc(-c2nnc(C3CC3)o2)ccc1Br.